The van der Waals surface area contributed by atoms with Crippen LogP contribution in [0.4, 0.5) is 11.4 Å². The molecule has 4 aromatic rings. The van der Waals surface area contributed by atoms with Gasteiger partial charge >= 0.3 is 0 Å². The molecule has 2 N–H and O–H groups in total. The van der Waals surface area contributed by atoms with Gasteiger partial charge in [0.1, 0.15) is 11.4 Å². The van der Waals surface area contributed by atoms with Gasteiger partial charge in [-0.2, -0.15) is 0 Å². The Labute approximate surface area is 179 Å². The van der Waals surface area contributed by atoms with Gasteiger partial charge < -0.3 is 19.9 Å². The molecule has 0 unspecified atom stereocenters. The minimum Gasteiger partial charge on any atom is -0.494 e. The maximum Gasteiger partial charge on any atom is 0.255 e. The van der Waals surface area contributed by atoms with E-state index >= 15 is 0 Å². The number of hydrogen-bond acceptors (Lipinski definition) is 5. The van der Waals surface area contributed by atoms with Gasteiger partial charge in [0.2, 0.25) is 5.91 Å². The van der Waals surface area contributed by atoms with E-state index in [2.05, 4.69) is 15.8 Å². The van der Waals surface area contributed by atoms with Crippen LogP contribution in [0.5, 0.6) is 5.75 Å². The molecule has 0 fully saturated rings. The van der Waals surface area contributed by atoms with E-state index < -0.39 is 0 Å². The summed E-state index contributed by atoms with van der Waals surface area (Å²) in [5.41, 5.74) is 2.98. The van der Waals surface area contributed by atoms with E-state index in [1.54, 1.807) is 54.6 Å². The first kappa shape index (κ1) is 20.2. The molecule has 0 radical (unpaired) electrons. The van der Waals surface area contributed by atoms with Crippen LogP contribution < -0.4 is 15.4 Å². The van der Waals surface area contributed by atoms with Gasteiger partial charge in [0.15, 0.2) is 5.58 Å². The van der Waals surface area contributed by atoms with E-state index in [1.807, 2.05) is 25.1 Å². The lowest BCUT2D eigenvalue weighted by Crippen LogP contribution is -2.15. The Kier molecular flexibility index (Phi) is 5.93. The number of rotatable bonds is 7. The molecular weight excluding hydrogens is 394 g/mol. The van der Waals surface area contributed by atoms with Gasteiger partial charge in [-0.05, 0) is 67.6 Å². The summed E-state index contributed by atoms with van der Waals surface area (Å²) in [5, 5.41) is 10.4. The lowest BCUT2D eigenvalue weighted by Gasteiger charge is -2.08. The van der Waals surface area contributed by atoms with Crippen LogP contribution in [-0.2, 0) is 11.2 Å². The maximum absolute atomic E-state index is 12.4. The number of aromatic nitrogens is 1. The van der Waals surface area contributed by atoms with E-state index in [1.165, 1.54) is 0 Å². The van der Waals surface area contributed by atoms with Crippen molar-refractivity contribution in [1.29, 1.82) is 0 Å². The zero-order valence-corrected chi connectivity index (χ0v) is 16.9. The molecule has 0 bridgehead atoms. The molecule has 0 aliphatic heterocycles. The zero-order chi connectivity index (χ0) is 21.6. The average Bonchev–Trinajstić information content (AvgIpc) is 3.18. The number of amides is 2. The van der Waals surface area contributed by atoms with Crippen LogP contribution in [0.15, 0.2) is 77.3 Å². The van der Waals surface area contributed by atoms with Gasteiger partial charge in [-0.15, -0.1) is 0 Å². The zero-order valence-electron chi connectivity index (χ0n) is 16.9. The minimum atomic E-state index is -0.240. The molecule has 0 spiro atoms. The quantitative estimate of drug-likeness (QED) is 0.458. The average molecular weight is 415 g/mol. The number of benzene rings is 3. The fourth-order valence-corrected chi connectivity index (χ4v) is 3.13. The number of fused-ring (bicyclic) bond motifs is 1. The maximum atomic E-state index is 12.4. The molecule has 31 heavy (non-hydrogen) atoms. The minimum absolute atomic E-state index is 0.0942. The second-order valence-corrected chi connectivity index (χ2v) is 6.84. The summed E-state index contributed by atoms with van der Waals surface area (Å²) in [6.07, 6.45) is 0.0942. The van der Waals surface area contributed by atoms with Crippen molar-refractivity contribution in [2.24, 2.45) is 0 Å². The molecule has 2 amide bonds. The Morgan fingerprint density at radius 2 is 1.58 bits per heavy atom. The molecule has 4 rings (SSSR count). The summed E-state index contributed by atoms with van der Waals surface area (Å²) in [7, 11) is 0. The SMILES string of the molecule is CCOc1ccc(NC(=O)c2ccc(NC(=O)Cc3noc4ccccc34)cc2)cc1. The van der Waals surface area contributed by atoms with Gasteiger partial charge in [0, 0.05) is 22.3 Å². The second kappa shape index (κ2) is 9.13. The smallest absolute Gasteiger partial charge is 0.255 e. The Morgan fingerprint density at radius 3 is 2.32 bits per heavy atom. The Balaban J connectivity index is 1.35. The van der Waals surface area contributed by atoms with Crippen LogP contribution in [0, 0.1) is 0 Å². The largest absolute Gasteiger partial charge is 0.494 e. The summed E-state index contributed by atoms with van der Waals surface area (Å²) < 4.78 is 10.6. The van der Waals surface area contributed by atoms with E-state index in [9.17, 15) is 9.59 Å². The van der Waals surface area contributed by atoms with Crippen LogP contribution >= 0.6 is 0 Å². The van der Waals surface area contributed by atoms with Crippen molar-refractivity contribution in [1.82, 2.24) is 5.16 Å². The summed E-state index contributed by atoms with van der Waals surface area (Å²) in [6.45, 7) is 2.50. The van der Waals surface area contributed by atoms with Crippen molar-refractivity contribution in [2.45, 2.75) is 13.3 Å². The van der Waals surface area contributed by atoms with Crippen molar-refractivity contribution in [3.63, 3.8) is 0 Å². The van der Waals surface area contributed by atoms with Crippen LogP contribution in [0.3, 0.4) is 0 Å². The topological polar surface area (TPSA) is 93.5 Å². The lowest BCUT2D eigenvalue weighted by molar-refractivity contribution is -0.115. The third-order valence-corrected chi connectivity index (χ3v) is 4.63. The number of carbonyl (C=O) groups is 2. The van der Waals surface area contributed by atoms with Crippen molar-refractivity contribution in [3.8, 4) is 5.75 Å². The number of para-hydroxylation sites is 1. The third-order valence-electron chi connectivity index (χ3n) is 4.63. The van der Waals surface area contributed by atoms with Crippen LogP contribution in [-0.4, -0.2) is 23.6 Å². The van der Waals surface area contributed by atoms with Crippen LogP contribution in [0.2, 0.25) is 0 Å². The van der Waals surface area contributed by atoms with Gasteiger partial charge in [-0.3, -0.25) is 9.59 Å². The summed E-state index contributed by atoms with van der Waals surface area (Å²) in [5.74, 6) is 0.293. The van der Waals surface area contributed by atoms with Crippen molar-refractivity contribution in [3.05, 3.63) is 84.1 Å². The standard InChI is InChI=1S/C24H21N3O4/c1-2-30-19-13-11-18(12-14-19)26-24(29)16-7-9-17(10-8-16)25-23(28)15-21-20-5-3-4-6-22(20)31-27-21/h3-14H,2,15H2,1H3,(H,25,28)(H,26,29). The molecule has 7 nitrogen and oxygen atoms in total. The second-order valence-electron chi connectivity index (χ2n) is 6.84. The highest BCUT2D eigenvalue weighted by Gasteiger charge is 2.13. The first-order valence-electron chi connectivity index (χ1n) is 9.90. The van der Waals surface area contributed by atoms with E-state index in [-0.39, 0.29) is 18.2 Å². The first-order chi connectivity index (χ1) is 15.1. The molecule has 0 aliphatic carbocycles. The normalized spacial score (nSPS) is 10.6. The number of anilines is 2. The predicted octanol–water partition coefficient (Wildman–Crippen LogP) is 4.66. The van der Waals surface area contributed by atoms with E-state index in [0.29, 0.717) is 34.8 Å². The summed E-state index contributed by atoms with van der Waals surface area (Å²) >= 11 is 0. The first-order valence-corrected chi connectivity index (χ1v) is 9.90. The molecule has 1 aromatic heterocycles. The van der Waals surface area contributed by atoms with E-state index in [0.717, 1.165) is 11.1 Å². The number of nitrogens with zero attached hydrogens (tertiary/aromatic N) is 1. The predicted molar refractivity (Wildman–Crippen MR) is 118 cm³/mol. The fourth-order valence-electron chi connectivity index (χ4n) is 3.13. The van der Waals surface area contributed by atoms with Gasteiger partial charge in [0.05, 0.1) is 13.0 Å². The molecule has 156 valence electrons. The van der Waals surface area contributed by atoms with Gasteiger partial charge in [0.25, 0.3) is 5.91 Å². The van der Waals surface area contributed by atoms with Crippen LogP contribution in [0.1, 0.15) is 23.0 Å². The Bertz CT molecular complexity index is 1200. The molecule has 7 heteroatoms. The number of nitrogens with one attached hydrogen (secondary N) is 2. The highest BCUT2D eigenvalue weighted by atomic mass is 16.5. The summed E-state index contributed by atoms with van der Waals surface area (Å²) in [6, 6.07) is 21.3. The molecule has 0 saturated heterocycles. The van der Waals surface area contributed by atoms with Crippen molar-refractivity contribution >= 4 is 34.2 Å². The number of hydrogen-bond donors (Lipinski definition) is 2. The third kappa shape index (κ3) is 4.90. The lowest BCUT2D eigenvalue weighted by atomic mass is 10.1. The Morgan fingerprint density at radius 1 is 0.903 bits per heavy atom. The van der Waals surface area contributed by atoms with Gasteiger partial charge in [-0.1, -0.05) is 17.3 Å². The van der Waals surface area contributed by atoms with Crippen molar-refractivity contribution in [2.75, 3.05) is 17.2 Å². The van der Waals surface area contributed by atoms with Crippen LogP contribution in [0.25, 0.3) is 11.0 Å². The van der Waals surface area contributed by atoms with Gasteiger partial charge in [-0.25, -0.2) is 0 Å². The highest BCUT2D eigenvalue weighted by molar-refractivity contribution is 6.04. The highest BCUT2D eigenvalue weighted by Crippen LogP contribution is 2.19. The number of carbonyl (C=O) groups excluding carboxylic acids is 2. The molecule has 0 saturated carbocycles. The van der Waals surface area contributed by atoms with Crippen molar-refractivity contribution < 1.29 is 18.8 Å². The molecular formula is C24H21N3O4. The molecule has 1 heterocycles. The number of ether oxygens (including phenoxy) is 1. The van der Waals surface area contributed by atoms with E-state index in [4.69, 9.17) is 9.26 Å². The molecule has 3 aromatic carbocycles. The fraction of sp³-hybridized carbons (Fsp3) is 0.125. The monoisotopic (exact) mass is 415 g/mol. The summed E-state index contributed by atoms with van der Waals surface area (Å²) in [4.78, 5) is 24.8. The molecule has 0 aliphatic rings. The molecule has 0 atom stereocenters. The Hall–Kier alpha value is -4.13.